The minimum Gasteiger partial charge on any atom is -0.371 e. The van der Waals surface area contributed by atoms with Crippen LogP contribution in [0.4, 0.5) is 5.69 Å². The zero-order valence-electron chi connectivity index (χ0n) is 16.1. The highest BCUT2D eigenvalue weighted by molar-refractivity contribution is 5.92. The van der Waals surface area contributed by atoms with Crippen LogP contribution in [0.1, 0.15) is 48.4 Å². The van der Waals surface area contributed by atoms with E-state index in [0.717, 1.165) is 29.9 Å². The standard InChI is InChI=1S/C22H23N5O2/c28-22(26-17-12-23-21(24-13-17)16-6-7-16)18-9-11-29-20(18)19-8-10-25-27(19)14-15-4-2-1-3-5-15/h1-5,8,10,12-13,16,18,20H,6-7,9,11,14H2,(H,26,28)/t18-,20-/m0/s1. The van der Waals surface area contributed by atoms with E-state index < -0.39 is 0 Å². The summed E-state index contributed by atoms with van der Waals surface area (Å²) < 4.78 is 7.87. The number of benzene rings is 1. The van der Waals surface area contributed by atoms with Crippen LogP contribution in [-0.2, 0) is 16.1 Å². The van der Waals surface area contributed by atoms with E-state index in [-0.39, 0.29) is 17.9 Å². The molecule has 1 saturated heterocycles. The van der Waals surface area contributed by atoms with Crippen LogP contribution in [0.15, 0.2) is 55.0 Å². The van der Waals surface area contributed by atoms with Gasteiger partial charge in [0.1, 0.15) is 11.9 Å². The Morgan fingerprint density at radius 3 is 2.66 bits per heavy atom. The molecular weight excluding hydrogens is 366 g/mol. The largest absolute Gasteiger partial charge is 0.371 e. The predicted molar refractivity (Wildman–Crippen MR) is 107 cm³/mol. The van der Waals surface area contributed by atoms with Gasteiger partial charge in [0.15, 0.2) is 0 Å². The summed E-state index contributed by atoms with van der Waals surface area (Å²) in [5.41, 5.74) is 2.71. The van der Waals surface area contributed by atoms with Crippen LogP contribution in [0.5, 0.6) is 0 Å². The van der Waals surface area contributed by atoms with E-state index in [4.69, 9.17) is 4.74 Å². The van der Waals surface area contributed by atoms with Crippen molar-refractivity contribution in [2.45, 2.75) is 37.8 Å². The number of rotatable bonds is 6. The Bertz CT molecular complexity index is 982. The van der Waals surface area contributed by atoms with Gasteiger partial charge in [-0.1, -0.05) is 30.3 Å². The number of hydrogen-bond acceptors (Lipinski definition) is 5. The quantitative estimate of drug-likeness (QED) is 0.699. The summed E-state index contributed by atoms with van der Waals surface area (Å²) in [7, 11) is 0. The van der Waals surface area contributed by atoms with Crippen molar-refractivity contribution in [1.29, 1.82) is 0 Å². The summed E-state index contributed by atoms with van der Waals surface area (Å²) in [6.07, 6.45) is 7.83. The Hall–Kier alpha value is -3.06. The molecule has 2 fully saturated rings. The number of nitrogens with one attached hydrogen (secondary N) is 1. The zero-order chi connectivity index (χ0) is 19.6. The minimum atomic E-state index is -0.312. The van der Waals surface area contributed by atoms with Gasteiger partial charge < -0.3 is 10.1 Å². The number of ether oxygens (including phenoxy) is 1. The molecule has 2 aliphatic rings. The van der Waals surface area contributed by atoms with Gasteiger partial charge in [-0.25, -0.2) is 9.97 Å². The third-order valence-electron chi connectivity index (χ3n) is 5.53. The molecule has 1 aliphatic carbocycles. The molecule has 0 bridgehead atoms. The monoisotopic (exact) mass is 389 g/mol. The van der Waals surface area contributed by atoms with E-state index >= 15 is 0 Å². The first-order chi connectivity index (χ1) is 14.3. The normalized spacial score (nSPS) is 21.2. The highest BCUT2D eigenvalue weighted by atomic mass is 16.5. The summed E-state index contributed by atoms with van der Waals surface area (Å²) in [5.74, 6) is 1.03. The maximum Gasteiger partial charge on any atom is 0.230 e. The van der Waals surface area contributed by atoms with Crippen LogP contribution in [0.3, 0.4) is 0 Å². The van der Waals surface area contributed by atoms with Crippen molar-refractivity contribution in [2.75, 3.05) is 11.9 Å². The van der Waals surface area contributed by atoms with E-state index in [1.54, 1.807) is 18.6 Å². The molecule has 2 aromatic heterocycles. The first kappa shape index (κ1) is 18.0. The minimum absolute atomic E-state index is 0.0669. The molecule has 2 atom stereocenters. The molecule has 3 aromatic rings. The molecule has 1 aliphatic heterocycles. The highest BCUT2D eigenvalue weighted by Crippen LogP contribution is 2.38. The first-order valence-corrected chi connectivity index (χ1v) is 10.1. The fourth-order valence-corrected chi connectivity index (χ4v) is 3.81. The number of anilines is 1. The second-order valence-electron chi connectivity index (χ2n) is 7.68. The molecule has 0 unspecified atom stereocenters. The van der Waals surface area contributed by atoms with E-state index in [1.165, 1.54) is 0 Å². The summed E-state index contributed by atoms with van der Waals surface area (Å²) in [4.78, 5) is 21.7. The molecule has 1 N–H and O–H groups in total. The fraction of sp³-hybridized carbons (Fsp3) is 0.364. The maximum atomic E-state index is 12.9. The average molecular weight is 389 g/mol. The highest BCUT2D eigenvalue weighted by Gasteiger charge is 2.37. The first-order valence-electron chi connectivity index (χ1n) is 10.1. The maximum absolute atomic E-state index is 12.9. The topological polar surface area (TPSA) is 81.9 Å². The second-order valence-corrected chi connectivity index (χ2v) is 7.68. The summed E-state index contributed by atoms with van der Waals surface area (Å²) in [6, 6.07) is 12.1. The van der Waals surface area contributed by atoms with Crippen molar-refractivity contribution in [2.24, 2.45) is 5.92 Å². The zero-order valence-corrected chi connectivity index (χ0v) is 16.1. The lowest BCUT2D eigenvalue weighted by Gasteiger charge is -2.19. The molecule has 0 radical (unpaired) electrons. The van der Waals surface area contributed by atoms with Crippen LogP contribution in [-0.4, -0.2) is 32.3 Å². The van der Waals surface area contributed by atoms with Gasteiger partial charge in [-0.2, -0.15) is 5.10 Å². The molecule has 1 aromatic carbocycles. The molecule has 0 spiro atoms. The molecule has 1 saturated carbocycles. The van der Waals surface area contributed by atoms with Gasteiger partial charge in [0.25, 0.3) is 0 Å². The predicted octanol–water partition coefficient (Wildman–Crippen LogP) is 3.32. The summed E-state index contributed by atoms with van der Waals surface area (Å²) >= 11 is 0. The van der Waals surface area contributed by atoms with Crippen molar-refractivity contribution in [1.82, 2.24) is 19.7 Å². The SMILES string of the molecule is O=C(Nc1cnc(C2CC2)nc1)[C@H]1CCO[C@@H]1c1ccnn1Cc1ccccc1. The van der Waals surface area contributed by atoms with Crippen molar-refractivity contribution < 1.29 is 9.53 Å². The Labute approximate surface area is 169 Å². The van der Waals surface area contributed by atoms with Crippen molar-refractivity contribution >= 4 is 11.6 Å². The molecule has 148 valence electrons. The van der Waals surface area contributed by atoms with Gasteiger partial charge in [-0.05, 0) is 30.9 Å². The number of carbonyl (C=O) groups excluding carboxylic acids is 1. The van der Waals surface area contributed by atoms with Gasteiger partial charge in [0.2, 0.25) is 5.91 Å². The lowest BCUT2D eigenvalue weighted by molar-refractivity contribution is -0.121. The number of carbonyl (C=O) groups is 1. The summed E-state index contributed by atoms with van der Waals surface area (Å²) in [5, 5.41) is 7.41. The summed E-state index contributed by atoms with van der Waals surface area (Å²) in [6.45, 7) is 1.20. The molecular formula is C22H23N5O2. The third kappa shape index (κ3) is 3.91. The lowest BCUT2D eigenvalue weighted by atomic mass is 9.97. The number of nitrogens with zero attached hydrogens (tertiary/aromatic N) is 4. The Kier molecular flexibility index (Phi) is 4.81. The van der Waals surface area contributed by atoms with E-state index in [1.807, 2.05) is 28.9 Å². The molecule has 7 nitrogen and oxygen atoms in total. The Balaban J connectivity index is 1.30. The fourth-order valence-electron chi connectivity index (χ4n) is 3.81. The molecule has 3 heterocycles. The van der Waals surface area contributed by atoms with E-state index in [0.29, 0.717) is 31.2 Å². The smallest absolute Gasteiger partial charge is 0.230 e. The third-order valence-corrected chi connectivity index (χ3v) is 5.53. The second kappa shape index (κ2) is 7.75. The number of hydrogen-bond donors (Lipinski definition) is 1. The van der Waals surface area contributed by atoms with Crippen LogP contribution >= 0.6 is 0 Å². The lowest BCUT2D eigenvalue weighted by Crippen LogP contribution is -2.27. The van der Waals surface area contributed by atoms with Gasteiger partial charge in [-0.3, -0.25) is 9.48 Å². The molecule has 29 heavy (non-hydrogen) atoms. The van der Waals surface area contributed by atoms with Crippen molar-refractivity contribution in [3.8, 4) is 0 Å². The van der Waals surface area contributed by atoms with Crippen LogP contribution < -0.4 is 5.32 Å². The van der Waals surface area contributed by atoms with Crippen molar-refractivity contribution in [3.63, 3.8) is 0 Å². The van der Waals surface area contributed by atoms with Gasteiger partial charge >= 0.3 is 0 Å². The molecule has 1 amide bonds. The average Bonchev–Trinajstić information content (AvgIpc) is 3.30. The number of aromatic nitrogens is 4. The van der Waals surface area contributed by atoms with E-state index in [2.05, 4.69) is 32.5 Å². The van der Waals surface area contributed by atoms with Gasteiger partial charge in [0, 0.05) is 18.7 Å². The van der Waals surface area contributed by atoms with Crippen LogP contribution in [0, 0.1) is 5.92 Å². The van der Waals surface area contributed by atoms with E-state index in [9.17, 15) is 4.79 Å². The van der Waals surface area contributed by atoms with Crippen LogP contribution in [0.25, 0.3) is 0 Å². The van der Waals surface area contributed by atoms with Gasteiger partial charge in [0.05, 0.1) is 36.2 Å². The van der Waals surface area contributed by atoms with Crippen molar-refractivity contribution in [3.05, 3.63) is 72.1 Å². The Morgan fingerprint density at radius 2 is 1.90 bits per heavy atom. The van der Waals surface area contributed by atoms with Crippen LogP contribution in [0.2, 0.25) is 0 Å². The number of amides is 1. The van der Waals surface area contributed by atoms with Gasteiger partial charge in [-0.15, -0.1) is 0 Å². The molecule has 5 rings (SSSR count). The molecule has 7 heteroatoms. The Morgan fingerprint density at radius 1 is 1.10 bits per heavy atom.